The number of pyridine rings is 1. The van der Waals surface area contributed by atoms with Gasteiger partial charge < -0.3 is 4.90 Å². The fraction of sp³-hybridized carbons (Fsp3) is 0.357. The number of alkyl halides is 1. The largest absolute Gasteiger partial charge is 0.348 e. The van der Waals surface area contributed by atoms with Crippen LogP contribution in [0, 0.1) is 0 Å². The van der Waals surface area contributed by atoms with E-state index in [1.807, 2.05) is 17.5 Å². The van der Waals surface area contributed by atoms with E-state index in [1.54, 1.807) is 0 Å². The topological polar surface area (TPSA) is 16.1 Å². The fourth-order valence-corrected chi connectivity index (χ4v) is 3.05. The molecule has 0 bridgehead atoms. The molecule has 4 heteroatoms. The number of thiophene rings is 1. The van der Waals surface area contributed by atoms with Gasteiger partial charge >= 0.3 is 0 Å². The molecule has 1 aliphatic rings. The lowest BCUT2D eigenvalue weighted by Gasteiger charge is -2.23. The van der Waals surface area contributed by atoms with Crippen LogP contribution in [0.1, 0.15) is 23.3 Å². The van der Waals surface area contributed by atoms with Gasteiger partial charge in [0.15, 0.2) is 0 Å². The first-order chi connectivity index (χ1) is 8.86. The average molecular weight is 323 g/mol. The first kappa shape index (κ1) is 12.2. The molecule has 1 aliphatic carbocycles. The summed E-state index contributed by atoms with van der Waals surface area (Å²) >= 11 is 5.28. The maximum Gasteiger partial charge on any atom is 0.129 e. The summed E-state index contributed by atoms with van der Waals surface area (Å²) in [7, 11) is 0. The van der Waals surface area contributed by atoms with Crippen molar-refractivity contribution in [2.45, 2.75) is 30.8 Å². The van der Waals surface area contributed by atoms with Crippen LogP contribution in [0.25, 0.3) is 0 Å². The Bertz CT molecular complexity index is 491. The molecule has 2 aromatic heterocycles. The lowest BCUT2D eigenvalue weighted by atomic mass is 10.3. The monoisotopic (exact) mass is 322 g/mol. The van der Waals surface area contributed by atoms with Gasteiger partial charge in [-0.25, -0.2) is 4.98 Å². The molecule has 0 spiro atoms. The Morgan fingerprint density at radius 3 is 2.78 bits per heavy atom. The molecule has 0 saturated heterocycles. The summed E-state index contributed by atoms with van der Waals surface area (Å²) in [6, 6.07) is 9.30. The summed E-state index contributed by atoms with van der Waals surface area (Å²) in [4.78, 5) is 8.44. The zero-order chi connectivity index (χ0) is 12.4. The summed E-state index contributed by atoms with van der Waals surface area (Å²) in [5.74, 6) is 1.11. The van der Waals surface area contributed by atoms with Gasteiger partial charge in [-0.15, -0.1) is 11.3 Å². The Morgan fingerprint density at radius 2 is 2.22 bits per heavy atom. The minimum absolute atomic E-state index is 0.689. The normalized spacial score (nSPS) is 14.7. The van der Waals surface area contributed by atoms with E-state index < -0.39 is 0 Å². The average Bonchev–Trinajstić information content (AvgIpc) is 3.13. The van der Waals surface area contributed by atoms with Gasteiger partial charge in [-0.1, -0.05) is 28.1 Å². The fourth-order valence-electron chi connectivity index (χ4n) is 2.02. The van der Waals surface area contributed by atoms with Crippen LogP contribution >= 0.6 is 27.3 Å². The minimum atomic E-state index is 0.689. The molecular formula is C14H15BrN2S. The molecular weight excluding hydrogens is 308 g/mol. The van der Waals surface area contributed by atoms with Crippen molar-refractivity contribution in [3.05, 3.63) is 46.3 Å². The van der Waals surface area contributed by atoms with Crippen LogP contribution in [-0.2, 0) is 11.9 Å². The lowest BCUT2D eigenvalue weighted by molar-refractivity contribution is 0.786. The highest BCUT2D eigenvalue weighted by atomic mass is 79.9. The van der Waals surface area contributed by atoms with Crippen molar-refractivity contribution in [3.8, 4) is 0 Å². The predicted molar refractivity (Wildman–Crippen MR) is 80.4 cm³/mol. The van der Waals surface area contributed by atoms with Gasteiger partial charge in [-0.2, -0.15) is 0 Å². The third-order valence-electron chi connectivity index (χ3n) is 3.15. The second-order valence-corrected chi connectivity index (χ2v) is 6.19. The number of anilines is 1. The van der Waals surface area contributed by atoms with Gasteiger partial charge in [0.05, 0.1) is 6.54 Å². The third-order valence-corrected chi connectivity index (χ3v) is 4.66. The van der Waals surface area contributed by atoms with Crippen molar-refractivity contribution in [2.75, 3.05) is 4.90 Å². The lowest BCUT2D eigenvalue weighted by Crippen LogP contribution is -2.25. The molecule has 94 valence electrons. The second-order valence-electron chi connectivity index (χ2n) is 4.60. The number of rotatable bonds is 5. The van der Waals surface area contributed by atoms with Crippen molar-refractivity contribution < 1.29 is 0 Å². The van der Waals surface area contributed by atoms with Crippen LogP contribution in [0.3, 0.4) is 0 Å². The highest BCUT2D eigenvalue weighted by molar-refractivity contribution is 9.08. The standard InChI is InChI=1S/C14H15BrN2S/c15-8-11-3-6-14(16-9-11)17(12-4-5-12)10-13-2-1-7-18-13/h1-3,6-7,9,12H,4-5,8,10H2. The number of nitrogens with zero attached hydrogens (tertiary/aromatic N) is 2. The first-order valence-corrected chi connectivity index (χ1v) is 8.17. The van der Waals surface area contributed by atoms with Gasteiger partial charge in [-0.05, 0) is 35.9 Å². The Balaban J connectivity index is 1.80. The van der Waals surface area contributed by atoms with Gasteiger partial charge in [0.25, 0.3) is 0 Å². The van der Waals surface area contributed by atoms with Gasteiger partial charge in [0.1, 0.15) is 5.82 Å². The van der Waals surface area contributed by atoms with E-state index >= 15 is 0 Å². The molecule has 0 atom stereocenters. The molecule has 0 N–H and O–H groups in total. The minimum Gasteiger partial charge on any atom is -0.348 e. The van der Waals surface area contributed by atoms with Crippen molar-refractivity contribution in [2.24, 2.45) is 0 Å². The molecule has 3 rings (SSSR count). The van der Waals surface area contributed by atoms with E-state index in [4.69, 9.17) is 0 Å². The number of aromatic nitrogens is 1. The van der Waals surface area contributed by atoms with Gasteiger partial charge in [-0.3, -0.25) is 0 Å². The summed E-state index contributed by atoms with van der Waals surface area (Å²) in [5.41, 5.74) is 1.23. The van der Waals surface area contributed by atoms with E-state index in [0.29, 0.717) is 6.04 Å². The predicted octanol–water partition coefficient (Wildman–Crippen LogP) is 4.21. The quantitative estimate of drug-likeness (QED) is 0.767. The first-order valence-electron chi connectivity index (χ1n) is 6.17. The van der Waals surface area contributed by atoms with Gasteiger partial charge in [0, 0.05) is 22.4 Å². The van der Waals surface area contributed by atoms with E-state index in [9.17, 15) is 0 Å². The van der Waals surface area contributed by atoms with Gasteiger partial charge in [0.2, 0.25) is 0 Å². The molecule has 1 saturated carbocycles. The molecule has 1 fully saturated rings. The van der Waals surface area contributed by atoms with Crippen molar-refractivity contribution >= 4 is 33.1 Å². The molecule has 0 aromatic carbocycles. The molecule has 0 aliphatic heterocycles. The molecule has 0 unspecified atom stereocenters. The third kappa shape index (κ3) is 2.75. The second kappa shape index (κ2) is 5.41. The maximum atomic E-state index is 4.59. The van der Waals surface area contributed by atoms with Crippen LogP contribution in [0.15, 0.2) is 35.8 Å². The number of hydrogen-bond acceptors (Lipinski definition) is 3. The Kier molecular flexibility index (Phi) is 3.66. The van der Waals surface area contributed by atoms with E-state index in [-0.39, 0.29) is 0 Å². The van der Waals surface area contributed by atoms with Crippen molar-refractivity contribution in [1.82, 2.24) is 4.98 Å². The Hall–Kier alpha value is -0.870. The highest BCUT2D eigenvalue weighted by Gasteiger charge is 2.30. The summed E-state index contributed by atoms with van der Waals surface area (Å²) < 4.78 is 0. The molecule has 0 amide bonds. The van der Waals surface area contributed by atoms with Crippen LogP contribution in [-0.4, -0.2) is 11.0 Å². The van der Waals surface area contributed by atoms with E-state index in [1.165, 1.54) is 23.3 Å². The summed E-state index contributed by atoms with van der Waals surface area (Å²) in [5, 5.41) is 3.01. The molecule has 2 aromatic rings. The summed E-state index contributed by atoms with van der Waals surface area (Å²) in [6.45, 7) is 0.989. The van der Waals surface area contributed by atoms with Crippen molar-refractivity contribution in [3.63, 3.8) is 0 Å². The van der Waals surface area contributed by atoms with Crippen LogP contribution in [0.4, 0.5) is 5.82 Å². The smallest absolute Gasteiger partial charge is 0.129 e. The van der Waals surface area contributed by atoms with Crippen LogP contribution < -0.4 is 4.90 Å². The Morgan fingerprint density at radius 1 is 1.33 bits per heavy atom. The molecule has 18 heavy (non-hydrogen) atoms. The molecule has 2 nitrogen and oxygen atoms in total. The van der Waals surface area contributed by atoms with Crippen LogP contribution in [0.5, 0.6) is 0 Å². The summed E-state index contributed by atoms with van der Waals surface area (Å²) in [6.07, 6.45) is 4.56. The number of halogens is 1. The van der Waals surface area contributed by atoms with Crippen LogP contribution in [0.2, 0.25) is 0 Å². The SMILES string of the molecule is BrCc1ccc(N(Cc2cccs2)C2CC2)nc1. The van der Waals surface area contributed by atoms with E-state index in [2.05, 4.69) is 55.5 Å². The highest BCUT2D eigenvalue weighted by Crippen LogP contribution is 2.32. The zero-order valence-electron chi connectivity index (χ0n) is 10.1. The Labute approximate surface area is 120 Å². The molecule has 0 radical (unpaired) electrons. The molecule has 2 heterocycles. The number of hydrogen-bond donors (Lipinski definition) is 0. The maximum absolute atomic E-state index is 4.59. The van der Waals surface area contributed by atoms with E-state index in [0.717, 1.165) is 17.7 Å². The zero-order valence-corrected chi connectivity index (χ0v) is 12.5. The van der Waals surface area contributed by atoms with Crippen molar-refractivity contribution in [1.29, 1.82) is 0 Å².